The van der Waals surface area contributed by atoms with Gasteiger partial charge in [-0.3, -0.25) is 4.79 Å². The van der Waals surface area contributed by atoms with Crippen LogP contribution < -0.4 is 5.14 Å². The summed E-state index contributed by atoms with van der Waals surface area (Å²) >= 11 is 11.9. The van der Waals surface area contributed by atoms with Gasteiger partial charge < -0.3 is 4.90 Å². The molecule has 0 radical (unpaired) electrons. The number of nitrogens with zero attached hydrogens (tertiary/aromatic N) is 1. The van der Waals surface area contributed by atoms with E-state index in [0.717, 1.165) is 25.3 Å². The van der Waals surface area contributed by atoms with Gasteiger partial charge in [0.25, 0.3) is 5.91 Å². The lowest BCUT2D eigenvalue weighted by molar-refractivity contribution is 0.0652. The van der Waals surface area contributed by atoms with Crippen molar-refractivity contribution in [3.63, 3.8) is 0 Å². The van der Waals surface area contributed by atoms with Crippen molar-refractivity contribution in [3.8, 4) is 0 Å². The Morgan fingerprint density at radius 1 is 1.35 bits per heavy atom. The number of sulfonamides is 1. The molecule has 2 rings (SSSR count). The maximum absolute atomic E-state index is 12.4. The van der Waals surface area contributed by atoms with E-state index in [1.807, 2.05) is 0 Å². The fourth-order valence-electron chi connectivity index (χ4n) is 2.01. The number of hydrogen-bond donors (Lipinski definition) is 1. The molecule has 0 aromatic heterocycles. The van der Waals surface area contributed by atoms with Gasteiger partial charge in [0.2, 0.25) is 10.0 Å². The Morgan fingerprint density at radius 2 is 1.95 bits per heavy atom. The lowest BCUT2D eigenvalue weighted by atomic mass is 9.91. The zero-order valence-corrected chi connectivity index (χ0v) is 13.1. The Labute approximate surface area is 127 Å². The second-order valence-electron chi connectivity index (χ2n) is 4.81. The molecule has 1 amide bonds. The highest BCUT2D eigenvalue weighted by Crippen LogP contribution is 2.32. The van der Waals surface area contributed by atoms with Crippen molar-refractivity contribution in [2.75, 3.05) is 7.05 Å². The van der Waals surface area contributed by atoms with Gasteiger partial charge in [-0.15, -0.1) is 0 Å². The van der Waals surface area contributed by atoms with Crippen LogP contribution >= 0.6 is 23.2 Å². The highest BCUT2D eigenvalue weighted by molar-refractivity contribution is 7.89. The van der Waals surface area contributed by atoms with Crippen LogP contribution in [0.3, 0.4) is 0 Å². The molecule has 0 bridgehead atoms. The highest BCUT2D eigenvalue weighted by atomic mass is 35.5. The lowest BCUT2D eigenvalue weighted by Gasteiger charge is -2.35. The predicted molar refractivity (Wildman–Crippen MR) is 77.6 cm³/mol. The van der Waals surface area contributed by atoms with Crippen LogP contribution in [-0.4, -0.2) is 32.3 Å². The van der Waals surface area contributed by atoms with Crippen molar-refractivity contribution in [1.82, 2.24) is 4.90 Å². The zero-order chi connectivity index (χ0) is 15.1. The van der Waals surface area contributed by atoms with Gasteiger partial charge in [0.15, 0.2) is 0 Å². The molecule has 0 saturated heterocycles. The molecule has 0 heterocycles. The van der Waals surface area contributed by atoms with Crippen LogP contribution in [0.4, 0.5) is 0 Å². The van der Waals surface area contributed by atoms with E-state index in [0.29, 0.717) is 0 Å². The standard InChI is InChI=1S/C12H14Cl2N2O3S/c1-16(7-3-2-4-7)12(17)9-5-8(20(15,18)19)6-10(13)11(9)14/h5-7H,2-4H2,1H3,(H2,15,18,19). The lowest BCUT2D eigenvalue weighted by Crippen LogP contribution is -2.41. The van der Waals surface area contributed by atoms with E-state index < -0.39 is 10.0 Å². The van der Waals surface area contributed by atoms with Crippen LogP contribution in [0.5, 0.6) is 0 Å². The van der Waals surface area contributed by atoms with Gasteiger partial charge in [0.05, 0.1) is 20.5 Å². The number of carbonyl (C=O) groups excluding carboxylic acids is 1. The van der Waals surface area contributed by atoms with Crippen LogP contribution in [0, 0.1) is 0 Å². The quantitative estimate of drug-likeness (QED) is 0.919. The summed E-state index contributed by atoms with van der Waals surface area (Å²) in [7, 11) is -2.28. The van der Waals surface area contributed by atoms with E-state index >= 15 is 0 Å². The third-order valence-corrected chi connectivity index (χ3v) is 5.20. The first-order valence-electron chi connectivity index (χ1n) is 6.01. The second-order valence-corrected chi connectivity index (χ2v) is 7.16. The topological polar surface area (TPSA) is 80.5 Å². The van der Waals surface area contributed by atoms with Gasteiger partial charge in [-0.1, -0.05) is 23.2 Å². The molecule has 110 valence electrons. The normalized spacial score (nSPS) is 15.8. The van der Waals surface area contributed by atoms with Crippen molar-refractivity contribution in [1.29, 1.82) is 0 Å². The monoisotopic (exact) mass is 336 g/mol. The molecule has 5 nitrogen and oxygen atoms in total. The molecule has 1 aliphatic rings. The largest absolute Gasteiger partial charge is 0.339 e. The minimum atomic E-state index is -3.95. The van der Waals surface area contributed by atoms with Crippen LogP contribution in [0.25, 0.3) is 0 Å². The zero-order valence-electron chi connectivity index (χ0n) is 10.8. The molecule has 1 aromatic carbocycles. The summed E-state index contributed by atoms with van der Waals surface area (Å²) in [5.74, 6) is -0.355. The number of primary sulfonamides is 1. The molecule has 0 atom stereocenters. The molecular weight excluding hydrogens is 323 g/mol. The van der Waals surface area contributed by atoms with Gasteiger partial charge in [-0.05, 0) is 31.4 Å². The fourth-order valence-corrected chi connectivity index (χ4v) is 3.05. The Hall–Kier alpha value is -0.820. The van der Waals surface area contributed by atoms with Crippen molar-refractivity contribution in [2.24, 2.45) is 5.14 Å². The van der Waals surface area contributed by atoms with Crippen LogP contribution in [0.2, 0.25) is 10.0 Å². The van der Waals surface area contributed by atoms with Gasteiger partial charge in [0.1, 0.15) is 0 Å². The Balaban J connectivity index is 2.44. The molecule has 1 aliphatic carbocycles. The minimum absolute atomic E-state index is 0.0106. The summed E-state index contributed by atoms with van der Waals surface area (Å²) in [4.78, 5) is 13.7. The fraction of sp³-hybridized carbons (Fsp3) is 0.417. The number of halogens is 2. The number of amides is 1. The third kappa shape index (κ3) is 2.93. The second kappa shape index (κ2) is 5.52. The molecule has 20 heavy (non-hydrogen) atoms. The maximum Gasteiger partial charge on any atom is 0.255 e. The van der Waals surface area contributed by atoms with E-state index in [1.54, 1.807) is 11.9 Å². The van der Waals surface area contributed by atoms with Crippen molar-refractivity contribution >= 4 is 39.1 Å². The number of carbonyl (C=O) groups is 1. The first kappa shape index (κ1) is 15.6. The van der Waals surface area contributed by atoms with E-state index in [-0.39, 0.29) is 32.5 Å². The molecule has 2 N–H and O–H groups in total. The highest BCUT2D eigenvalue weighted by Gasteiger charge is 2.28. The maximum atomic E-state index is 12.4. The van der Waals surface area contributed by atoms with Crippen molar-refractivity contribution in [2.45, 2.75) is 30.2 Å². The molecule has 1 fully saturated rings. The number of benzene rings is 1. The molecule has 0 unspecified atom stereocenters. The summed E-state index contributed by atoms with van der Waals surface area (Å²) < 4.78 is 22.8. The van der Waals surface area contributed by atoms with Crippen LogP contribution in [0.15, 0.2) is 17.0 Å². The third-order valence-electron chi connectivity index (χ3n) is 3.50. The molecular formula is C12H14Cl2N2O3S. The Morgan fingerprint density at radius 3 is 2.40 bits per heavy atom. The van der Waals surface area contributed by atoms with Gasteiger partial charge in [-0.2, -0.15) is 0 Å². The average Bonchev–Trinajstić information content (AvgIpc) is 2.27. The minimum Gasteiger partial charge on any atom is -0.339 e. The van der Waals surface area contributed by atoms with Gasteiger partial charge >= 0.3 is 0 Å². The predicted octanol–water partition coefficient (Wildman–Crippen LogP) is 2.27. The van der Waals surface area contributed by atoms with Crippen molar-refractivity contribution < 1.29 is 13.2 Å². The van der Waals surface area contributed by atoms with Gasteiger partial charge in [-0.25, -0.2) is 13.6 Å². The van der Waals surface area contributed by atoms with E-state index in [4.69, 9.17) is 28.3 Å². The van der Waals surface area contributed by atoms with E-state index in [2.05, 4.69) is 0 Å². The molecule has 0 spiro atoms. The summed E-state index contributed by atoms with van der Waals surface area (Å²) in [6.07, 6.45) is 2.94. The molecule has 1 saturated carbocycles. The van der Waals surface area contributed by atoms with Crippen LogP contribution in [0.1, 0.15) is 29.6 Å². The number of hydrogen-bond acceptors (Lipinski definition) is 3. The molecule has 8 heteroatoms. The number of nitrogens with two attached hydrogens (primary N) is 1. The van der Waals surface area contributed by atoms with E-state index in [1.165, 1.54) is 6.07 Å². The summed E-state index contributed by atoms with van der Waals surface area (Å²) in [6.45, 7) is 0. The SMILES string of the molecule is CN(C(=O)c1cc(S(N)(=O)=O)cc(Cl)c1Cl)C1CCC1. The first-order valence-corrected chi connectivity index (χ1v) is 8.31. The first-order chi connectivity index (χ1) is 9.21. The van der Waals surface area contributed by atoms with Crippen molar-refractivity contribution in [3.05, 3.63) is 27.7 Å². The Bertz CT molecular complexity index is 657. The average molecular weight is 337 g/mol. The summed E-state index contributed by atoms with van der Waals surface area (Å²) in [5.41, 5.74) is 0.0533. The summed E-state index contributed by atoms with van der Waals surface area (Å²) in [5, 5.41) is 5.09. The Kier molecular flexibility index (Phi) is 4.30. The summed E-state index contributed by atoms with van der Waals surface area (Å²) in [6, 6.07) is 2.47. The number of rotatable bonds is 3. The smallest absolute Gasteiger partial charge is 0.255 e. The van der Waals surface area contributed by atoms with Crippen LogP contribution in [-0.2, 0) is 10.0 Å². The molecule has 0 aliphatic heterocycles. The molecule has 1 aromatic rings. The van der Waals surface area contributed by atoms with Gasteiger partial charge in [0, 0.05) is 13.1 Å². The van der Waals surface area contributed by atoms with E-state index in [9.17, 15) is 13.2 Å².